The summed E-state index contributed by atoms with van der Waals surface area (Å²) >= 11 is 0. The summed E-state index contributed by atoms with van der Waals surface area (Å²) in [7, 11) is 0. The number of pyridine rings is 2. The van der Waals surface area contributed by atoms with Crippen LogP contribution in [0.25, 0.3) is 22.2 Å². The Morgan fingerprint density at radius 3 is 2.54 bits per heavy atom. The van der Waals surface area contributed by atoms with Gasteiger partial charge >= 0.3 is 0 Å². The SMILES string of the molecule is C/C(=N/NC(=O)c1cc(-c2cccnc2)nc2ccccc12)c1ccccc1. The highest BCUT2D eigenvalue weighted by Crippen LogP contribution is 2.24. The van der Waals surface area contributed by atoms with Gasteiger partial charge in [0.15, 0.2) is 0 Å². The molecule has 0 saturated carbocycles. The van der Waals surface area contributed by atoms with E-state index in [-0.39, 0.29) is 5.91 Å². The van der Waals surface area contributed by atoms with Crippen molar-refractivity contribution in [3.05, 3.63) is 96.3 Å². The number of carbonyl (C=O) groups is 1. The fourth-order valence-electron chi connectivity index (χ4n) is 2.96. The Morgan fingerprint density at radius 1 is 0.964 bits per heavy atom. The Labute approximate surface area is 162 Å². The Bertz CT molecular complexity index is 1160. The summed E-state index contributed by atoms with van der Waals surface area (Å²) < 4.78 is 0. The van der Waals surface area contributed by atoms with Gasteiger partial charge in [0, 0.05) is 23.3 Å². The third-order valence-electron chi connectivity index (χ3n) is 4.43. The monoisotopic (exact) mass is 366 g/mol. The molecule has 0 saturated heterocycles. The molecule has 0 radical (unpaired) electrons. The van der Waals surface area contributed by atoms with Crippen LogP contribution < -0.4 is 5.43 Å². The maximum atomic E-state index is 12.9. The summed E-state index contributed by atoms with van der Waals surface area (Å²) in [6.45, 7) is 1.86. The van der Waals surface area contributed by atoms with Crippen molar-refractivity contribution in [2.24, 2.45) is 5.10 Å². The number of aromatic nitrogens is 2. The highest BCUT2D eigenvalue weighted by atomic mass is 16.2. The zero-order valence-corrected chi connectivity index (χ0v) is 15.3. The zero-order valence-electron chi connectivity index (χ0n) is 15.3. The molecular formula is C23H18N4O. The second kappa shape index (κ2) is 7.80. The van der Waals surface area contributed by atoms with Crippen molar-refractivity contribution in [2.45, 2.75) is 6.92 Å². The predicted octanol–water partition coefficient (Wildman–Crippen LogP) is 4.45. The fourth-order valence-corrected chi connectivity index (χ4v) is 2.96. The first kappa shape index (κ1) is 17.5. The Hall–Kier alpha value is -3.86. The predicted molar refractivity (Wildman–Crippen MR) is 111 cm³/mol. The van der Waals surface area contributed by atoms with Gasteiger partial charge in [-0.1, -0.05) is 48.5 Å². The third kappa shape index (κ3) is 3.64. The van der Waals surface area contributed by atoms with Gasteiger partial charge in [0.1, 0.15) is 0 Å². The van der Waals surface area contributed by atoms with E-state index in [1.54, 1.807) is 18.5 Å². The molecule has 4 aromatic rings. The van der Waals surface area contributed by atoms with E-state index in [0.29, 0.717) is 11.3 Å². The summed E-state index contributed by atoms with van der Waals surface area (Å²) in [6, 6.07) is 22.8. The average Bonchev–Trinajstić information content (AvgIpc) is 2.77. The number of rotatable bonds is 4. The molecule has 2 aromatic heterocycles. The van der Waals surface area contributed by atoms with Gasteiger partial charge < -0.3 is 0 Å². The van der Waals surface area contributed by atoms with E-state index in [0.717, 1.165) is 27.7 Å². The molecule has 1 amide bonds. The summed E-state index contributed by atoms with van der Waals surface area (Å²) in [6.07, 6.45) is 3.44. The van der Waals surface area contributed by atoms with Crippen molar-refractivity contribution < 1.29 is 4.79 Å². The minimum absolute atomic E-state index is 0.279. The molecule has 2 heterocycles. The molecule has 0 fully saturated rings. The van der Waals surface area contributed by atoms with Crippen LogP contribution in [0.4, 0.5) is 0 Å². The average molecular weight is 366 g/mol. The molecule has 0 unspecified atom stereocenters. The first-order chi connectivity index (χ1) is 13.7. The van der Waals surface area contributed by atoms with Crippen LogP contribution in [-0.4, -0.2) is 21.6 Å². The van der Waals surface area contributed by atoms with Gasteiger partial charge in [-0.3, -0.25) is 9.78 Å². The van der Waals surface area contributed by atoms with Crippen molar-refractivity contribution in [3.63, 3.8) is 0 Å². The highest BCUT2D eigenvalue weighted by molar-refractivity contribution is 6.08. The topological polar surface area (TPSA) is 67.2 Å². The van der Waals surface area contributed by atoms with Gasteiger partial charge in [-0.2, -0.15) is 5.10 Å². The van der Waals surface area contributed by atoms with Gasteiger partial charge in [0.25, 0.3) is 5.91 Å². The molecule has 5 nitrogen and oxygen atoms in total. The van der Waals surface area contributed by atoms with Gasteiger partial charge in [-0.15, -0.1) is 0 Å². The van der Waals surface area contributed by atoms with Crippen LogP contribution in [0.5, 0.6) is 0 Å². The number of nitrogens with one attached hydrogen (secondary N) is 1. The molecule has 1 N–H and O–H groups in total. The number of amides is 1. The van der Waals surface area contributed by atoms with Gasteiger partial charge in [-0.25, -0.2) is 10.4 Å². The Morgan fingerprint density at radius 2 is 1.75 bits per heavy atom. The number of carbonyl (C=O) groups excluding carboxylic acids is 1. The molecule has 0 atom stereocenters. The summed E-state index contributed by atoms with van der Waals surface area (Å²) in [4.78, 5) is 21.7. The molecule has 2 aromatic carbocycles. The Balaban J connectivity index is 1.72. The van der Waals surface area contributed by atoms with Gasteiger partial charge in [-0.05, 0) is 36.8 Å². The van der Waals surface area contributed by atoms with Gasteiger partial charge in [0.2, 0.25) is 0 Å². The first-order valence-corrected chi connectivity index (χ1v) is 8.92. The molecule has 0 aliphatic rings. The summed E-state index contributed by atoms with van der Waals surface area (Å²) in [5.74, 6) is -0.279. The number of benzene rings is 2. The number of para-hydroxylation sites is 1. The molecule has 0 bridgehead atoms. The van der Waals surface area contributed by atoms with Crippen molar-refractivity contribution in [3.8, 4) is 11.3 Å². The van der Waals surface area contributed by atoms with Crippen molar-refractivity contribution >= 4 is 22.5 Å². The van der Waals surface area contributed by atoms with Crippen molar-refractivity contribution in [1.29, 1.82) is 0 Å². The lowest BCUT2D eigenvalue weighted by atomic mass is 10.0. The van der Waals surface area contributed by atoms with E-state index in [9.17, 15) is 4.79 Å². The molecular weight excluding hydrogens is 348 g/mol. The van der Waals surface area contributed by atoms with Crippen LogP contribution in [0.2, 0.25) is 0 Å². The fraction of sp³-hybridized carbons (Fsp3) is 0.0435. The van der Waals surface area contributed by atoms with E-state index in [4.69, 9.17) is 0 Å². The molecule has 0 aliphatic carbocycles. The van der Waals surface area contributed by atoms with Crippen molar-refractivity contribution in [1.82, 2.24) is 15.4 Å². The largest absolute Gasteiger partial charge is 0.272 e. The molecule has 136 valence electrons. The summed E-state index contributed by atoms with van der Waals surface area (Å²) in [5.41, 5.74) is 7.18. The van der Waals surface area contributed by atoms with E-state index in [2.05, 4.69) is 20.5 Å². The molecule has 28 heavy (non-hydrogen) atoms. The lowest BCUT2D eigenvalue weighted by Gasteiger charge is -2.09. The van der Waals surface area contributed by atoms with Crippen molar-refractivity contribution in [2.75, 3.05) is 0 Å². The van der Waals surface area contributed by atoms with E-state index < -0.39 is 0 Å². The lowest BCUT2D eigenvalue weighted by Crippen LogP contribution is -2.20. The zero-order chi connectivity index (χ0) is 19.3. The molecule has 0 aliphatic heterocycles. The number of nitrogens with zero attached hydrogens (tertiary/aromatic N) is 3. The van der Waals surface area contributed by atoms with Crippen LogP contribution in [0.1, 0.15) is 22.8 Å². The standard InChI is InChI=1S/C23H18N4O/c1-16(17-8-3-2-4-9-17)26-27-23(28)20-14-22(18-10-7-13-24-15-18)25-21-12-6-5-11-19(20)21/h2-15H,1H3,(H,27,28)/b26-16-. The summed E-state index contributed by atoms with van der Waals surface area (Å²) in [5, 5.41) is 5.04. The third-order valence-corrected chi connectivity index (χ3v) is 4.43. The lowest BCUT2D eigenvalue weighted by molar-refractivity contribution is 0.0956. The van der Waals surface area contributed by atoms with E-state index in [1.165, 1.54) is 0 Å². The number of fused-ring (bicyclic) bond motifs is 1. The number of hydrazone groups is 1. The minimum Gasteiger partial charge on any atom is -0.267 e. The van der Waals surface area contributed by atoms with Crippen LogP contribution in [-0.2, 0) is 0 Å². The quantitative estimate of drug-likeness (QED) is 0.429. The highest BCUT2D eigenvalue weighted by Gasteiger charge is 2.14. The van der Waals surface area contributed by atoms with E-state index in [1.807, 2.05) is 73.7 Å². The second-order valence-electron chi connectivity index (χ2n) is 6.32. The second-order valence-corrected chi connectivity index (χ2v) is 6.32. The first-order valence-electron chi connectivity index (χ1n) is 8.92. The van der Waals surface area contributed by atoms with Crippen LogP contribution in [0.15, 0.2) is 90.3 Å². The maximum absolute atomic E-state index is 12.9. The molecule has 4 rings (SSSR count). The molecule has 0 spiro atoms. The van der Waals surface area contributed by atoms with E-state index >= 15 is 0 Å². The normalized spacial score (nSPS) is 11.4. The number of hydrogen-bond acceptors (Lipinski definition) is 4. The number of hydrogen-bond donors (Lipinski definition) is 1. The molecule has 5 heteroatoms. The minimum atomic E-state index is -0.279. The van der Waals surface area contributed by atoms with Crippen LogP contribution in [0, 0.1) is 0 Å². The van der Waals surface area contributed by atoms with Gasteiger partial charge in [0.05, 0.1) is 22.5 Å². The maximum Gasteiger partial charge on any atom is 0.272 e. The Kier molecular flexibility index (Phi) is 4.89. The van der Waals surface area contributed by atoms with Crippen LogP contribution in [0.3, 0.4) is 0 Å². The van der Waals surface area contributed by atoms with Crippen LogP contribution >= 0.6 is 0 Å². The smallest absolute Gasteiger partial charge is 0.267 e.